The van der Waals surface area contributed by atoms with E-state index < -0.39 is 0 Å². The van der Waals surface area contributed by atoms with Crippen molar-refractivity contribution >= 4 is 6.41 Å². The third-order valence-electron chi connectivity index (χ3n) is 2.26. The van der Waals surface area contributed by atoms with Gasteiger partial charge in [0.15, 0.2) is 0 Å². The number of hydrogen-bond donors (Lipinski definition) is 1. The van der Waals surface area contributed by atoms with Gasteiger partial charge in [-0.25, -0.2) is 0 Å². The summed E-state index contributed by atoms with van der Waals surface area (Å²) in [6.45, 7) is 6.56. The summed E-state index contributed by atoms with van der Waals surface area (Å²) >= 11 is 0. The summed E-state index contributed by atoms with van der Waals surface area (Å²) in [5.41, 5.74) is 0. The molecule has 2 heteroatoms. The highest BCUT2D eigenvalue weighted by molar-refractivity contribution is 5.46. The van der Waals surface area contributed by atoms with E-state index in [4.69, 9.17) is 0 Å². The largest absolute Gasteiger partial charge is 0.356 e. The maximum Gasteiger partial charge on any atom is 0.207 e. The van der Waals surface area contributed by atoms with Crippen molar-refractivity contribution in [2.45, 2.75) is 52.5 Å². The van der Waals surface area contributed by atoms with Gasteiger partial charge in [-0.3, -0.25) is 4.79 Å². The van der Waals surface area contributed by atoms with E-state index in [0.717, 1.165) is 25.2 Å². The van der Waals surface area contributed by atoms with E-state index in [1.54, 1.807) is 0 Å². The minimum absolute atomic E-state index is 0.379. The van der Waals surface area contributed by atoms with Gasteiger partial charge < -0.3 is 5.32 Å². The average Bonchev–Trinajstić information content (AvgIpc) is 2.04. The Morgan fingerprint density at radius 2 is 2.08 bits per heavy atom. The van der Waals surface area contributed by atoms with E-state index in [1.807, 2.05) is 0 Å². The second-order valence-corrected chi connectivity index (χ2v) is 3.52. The number of carbonyl (C=O) groups excluding carboxylic acids is 1. The predicted octanol–water partition coefficient (Wildman–Crippen LogP) is 2.34. The fourth-order valence-corrected chi connectivity index (χ4v) is 1.55. The lowest BCUT2D eigenvalue weighted by Gasteiger charge is -2.18. The van der Waals surface area contributed by atoms with Crippen molar-refractivity contribution < 1.29 is 4.79 Å². The van der Waals surface area contributed by atoms with Gasteiger partial charge >= 0.3 is 0 Å². The van der Waals surface area contributed by atoms with Gasteiger partial charge in [-0.1, -0.05) is 33.6 Å². The number of hydrogen-bond acceptors (Lipinski definition) is 1. The third kappa shape index (κ3) is 5.16. The molecule has 0 spiro atoms. The zero-order valence-electron chi connectivity index (χ0n) is 8.47. The molecule has 0 heterocycles. The zero-order valence-corrected chi connectivity index (χ0v) is 8.47. The van der Waals surface area contributed by atoms with Gasteiger partial charge in [0.25, 0.3) is 0 Å². The first kappa shape index (κ1) is 11.5. The van der Waals surface area contributed by atoms with E-state index in [-0.39, 0.29) is 0 Å². The van der Waals surface area contributed by atoms with E-state index in [9.17, 15) is 4.79 Å². The smallest absolute Gasteiger partial charge is 0.207 e. The van der Waals surface area contributed by atoms with Gasteiger partial charge in [0, 0.05) is 6.04 Å². The molecule has 0 radical (unpaired) electrons. The van der Waals surface area contributed by atoms with Crippen LogP contribution in [-0.2, 0) is 4.79 Å². The Bertz CT molecular complexity index is 114. The topological polar surface area (TPSA) is 29.1 Å². The lowest BCUT2D eigenvalue weighted by molar-refractivity contribution is -0.110. The quantitative estimate of drug-likeness (QED) is 0.585. The minimum atomic E-state index is 0.379. The Labute approximate surface area is 75.7 Å². The summed E-state index contributed by atoms with van der Waals surface area (Å²) in [7, 11) is 0. The Kier molecular flexibility index (Phi) is 6.82. The van der Waals surface area contributed by atoms with Gasteiger partial charge in [0.1, 0.15) is 0 Å². The first-order valence-electron chi connectivity index (χ1n) is 4.94. The van der Waals surface area contributed by atoms with Crippen LogP contribution in [0.25, 0.3) is 0 Å². The first-order valence-corrected chi connectivity index (χ1v) is 4.94. The molecule has 1 amide bonds. The Morgan fingerprint density at radius 1 is 1.42 bits per heavy atom. The summed E-state index contributed by atoms with van der Waals surface area (Å²) in [4.78, 5) is 10.2. The standard InChI is InChI=1S/C10H21NO/c1-4-6-9(3)7-10(5-2)11-8-12/h8-10H,4-7H2,1-3H3,(H,11,12). The van der Waals surface area contributed by atoms with Gasteiger partial charge in [-0.15, -0.1) is 0 Å². The fraction of sp³-hybridized carbons (Fsp3) is 0.900. The normalized spacial score (nSPS) is 15.2. The Morgan fingerprint density at radius 3 is 2.50 bits per heavy atom. The number of amides is 1. The van der Waals surface area contributed by atoms with E-state index in [2.05, 4.69) is 26.1 Å². The van der Waals surface area contributed by atoms with Gasteiger partial charge in [0.2, 0.25) is 6.41 Å². The van der Waals surface area contributed by atoms with Gasteiger partial charge in [-0.05, 0) is 18.8 Å². The van der Waals surface area contributed by atoms with E-state index in [1.165, 1.54) is 12.8 Å². The highest BCUT2D eigenvalue weighted by atomic mass is 16.1. The lowest BCUT2D eigenvalue weighted by atomic mass is 9.96. The highest BCUT2D eigenvalue weighted by Gasteiger charge is 2.09. The van der Waals surface area contributed by atoms with Crippen molar-refractivity contribution in [2.24, 2.45) is 5.92 Å². The van der Waals surface area contributed by atoms with Gasteiger partial charge in [-0.2, -0.15) is 0 Å². The van der Waals surface area contributed by atoms with E-state index in [0.29, 0.717) is 6.04 Å². The van der Waals surface area contributed by atoms with Crippen molar-refractivity contribution in [3.63, 3.8) is 0 Å². The Hall–Kier alpha value is -0.530. The molecule has 0 aromatic rings. The van der Waals surface area contributed by atoms with Crippen molar-refractivity contribution in [2.75, 3.05) is 0 Å². The second kappa shape index (κ2) is 7.14. The van der Waals surface area contributed by atoms with Crippen LogP contribution in [0.1, 0.15) is 46.5 Å². The van der Waals surface area contributed by atoms with Crippen LogP contribution in [0.5, 0.6) is 0 Å². The van der Waals surface area contributed by atoms with Crippen molar-refractivity contribution in [1.29, 1.82) is 0 Å². The average molecular weight is 171 g/mol. The molecule has 0 saturated carbocycles. The van der Waals surface area contributed by atoms with Crippen LogP contribution in [0.4, 0.5) is 0 Å². The molecule has 0 saturated heterocycles. The fourth-order valence-electron chi connectivity index (χ4n) is 1.55. The van der Waals surface area contributed by atoms with Crippen molar-refractivity contribution in [3.8, 4) is 0 Å². The van der Waals surface area contributed by atoms with Crippen LogP contribution >= 0.6 is 0 Å². The monoisotopic (exact) mass is 171 g/mol. The number of rotatable bonds is 7. The molecule has 0 aliphatic rings. The minimum Gasteiger partial charge on any atom is -0.356 e. The van der Waals surface area contributed by atoms with Crippen LogP contribution in [0.2, 0.25) is 0 Å². The van der Waals surface area contributed by atoms with Crippen LogP contribution in [0.3, 0.4) is 0 Å². The molecule has 0 aliphatic carbocycles. The van der Waals surface area contributed by atoms with Crippen LogP contribution in [0.15, 0.2) is 0 Å². The van der Waals surface area contributed by atoms with Crippen LogP contribution < -0.4 is 5.32 Å². The van der Waals surface area contributed by atoms with Gasteiger partial charge in [0.05, 0.1) is 0 Å². The molecule has 1 N–H and O–H groups in total. The zero-order chi connectivity index (χ0) is 9.40. The van der Waals surface area contributed by atoms with Crippen molar-refractivity contribution in [1.82, 2.24) is 5.32 Å². The summed E-state index contributed by atoms with van der Waals surface area (Å²) < 4.78 is 0. The molecule has 2 unspecified atom stereocenters. The maximum atomic E-state index is 10.2. The molecule has 2 nitrogen and oxygen atoms in total. The summed E-state index contributed by atoms with van der Waals surface area (Å²) in [5.74, 6) is 0.729. The molecule has 0 aromatic carbocycles. The Balaban J connectivity index is 3.60. The van der Waals surface area contributed by atoms with Crippen molar-refractivity contribution in [3.05, 3.63) is 0 Å². The highest BCUT2D eigenvalue weighted by Crippen LogP contribution is 2.13. The first-order chi connectivity index (χ1) is 5.74. The van der Waals surface area contributed by atoms with Crippen LogP contribution in [-0.4, -0.2) is 12.5 Å². The third-order valence-corrected chi connectivity index (χ3v) is 2.26. The number of nitrogens with one attached hydrogen (secondary N) is 1. The molecular weight excluding hydrogens is 150 g/mol. The predicted molar refractivity (Wildman–Crippen MR) is 52.0 cm³/mol. The summed E-state index contributed by atoms with van der Waals surface area (Å²) in [6, 6.07) is 0.379. The maximum absolute atomic E-state index is 10.2. The van der Waals surface area contributed by atoms with Crippen LogP contribution in [0, 0.1) is 5.92 Å². The second-order valence-electron chi connectivity index (χ2n) is 3.52. The molecule has 0 rings (SSSR count). The molecule has 0 aliphatic heterocycles. The molecule has 0 aromatic heterocycles. The molecule has 72 valence electrons. The molecule has 12 heavy (non-hydrogen) atoms. The molecule has 0 fully saturated rings. The number of carbonyl (C=O) groups is 1. The SMILES string of the molecule is CCCC(C)CC(CC)NC=O. The summed E-state index contributed by atoms with van der Waals surface area (Å²) in [6.07, 6.45) is 5.46. The molecule has 0 bridgehead atoms. The van der Waals surface area contributed by atoms with E-state index >= 15 is 0 Å². The molecular formula is C10H21NO. The molecule has 2 atom stereocenters. The summed E-state index contributed by atoms with van der Waals surface area (Å²) in [5, 5.41) is 2.84. The lowest BCUT2D eigenvalue weighted by Crippen LogP contribution is -2.28.